The number of hydrogen-bond acceptors (Lipinski definition) is 6. The van der Waals surface area contributed by atoms with Crippen LogP contribution in [-0.4, -0.2) is 32.8 Å². The molecule has 130 valence electrons. The highest BCUT2D eigenvalue weighted by Gasteiger charge is 2.18. The summed E-state index contributed by atoms with van der Waals surface area (Å²) in [7, 11) is 1.36. The molecule has 0 saturated carbocycles. The molecule has 4 rings (SSSR count). The van der Waals surface area contributed by atoms with Crippen LogP contribution in [0.4, 0.5) is 0 Å². The molecule has 0 spiro atoms. The van der Waals surface area contributed by atoms with E-state index in [4.69, 9.17) is 21.3 Å². The maximum Gasteiger partial charge on any atom is 0.338 e. The maximum absolute atomic E-state index is 12.3. The molecule has 0 aliphatic rings. The van der Waals surface area contributed by atoms with Gasteiger partial charge in [0.25, 0.3) is 0 Å². The Balaban J connectivity index is 1.88. The number of thiophene rings is 1. The average Bonchev–Trinajstić information content (AvgIpc) is 3.28. The van der Waals surface area contributed by atoms with Crippen LogP contribution in [0.2, 0.25) is 4.34 Å². The molecule has 0 aliphatic heterocycles. The first-order valence-electron chi connectivity index (χ1n) is 7.75. The zero-order valence-electron chi connectivity index (χ0n) is 13.7. The molecule has 0 radical (unpaired) electrons. The van der Waals surface area contributed by atoms with Gasteiger partial charge in [-0.15, -0.1) is 11.3 Å². The lowest BCUT2D eigenvalue weighted by molar-refractivity contribution is 0.0603. The fourth-order valence-corrected chi connectivity index (χ4v) is 3.69. The van der Waals surface area contributed by atoms with Crippen LogP contribution in [-0.2, 0) is 11.3 Å². The second kappa shape index (κ2) is 6.86. The molecule has 0 aromatic carbocycles. The summed E-state index contributed by atoms with van der Waals surface area (Å²) in [5, 5.41) is 5.06. The van der Waals surface area contributed by atoms with E-state index in [-0.39, 0.29) is 0 Å². The topological polar surface area (TPSA) is 69.9 Å². The molecule has 0 saturated heterocycles. The van der Waals surface area contributed by atoms with E-state index in [1.807, 2.05) is 18.2 Å². The molecule has 0 amide bonds. The smallest absolute Gasteiger partial charge is 0.338 e. The molecule has 0 unspecified atom stereocenters. The van der Waals surface area contributed by atoms with Crippen molar-refractivity contribution in [2.24, 2.45) is 0 Å². The zero-order chi connectivity index (χ0) is 18.1. The summed E-state index contributed by atoms with van der Waals surface area (Å²) in [5.41, 5.74) is 2.74. The first kappa shape index (κ1) is 16.7. The second-order valence-electron chi connectivity index (χ2n) is 5.55. The van der Waals surface area contributed by atoms with Gasteiger partial charge in [0.15, 0.2) is 5.65 Å². The van der Waals surface area contributed by atoms with E-state index in [0.717, 1.165) is 10.4 Å². The van der Waals surface area contributed by atoms with Crippen molar-refractivity contribution >= 4 is 39.9 Å². The molecule has 4 heterocycles. The molecule has 6 nitrogen and oxygen atoms in total. The Kier molecular flexibility index (Phi) is 4.40. The molecule has 0 aliphatic carbocycles. The molecule has 4 aromatic heterocycles. The van der Waals surface area contributed by atoms with Gasteiger partial charge in [-0.05, 0) is 35.9 Å². The highest BCUT2D eigenvalue weighted by molar-refractivity contribution is 7.19. The van der Waals surface area contributed by atoms with Crippen LogP contribution in [0.15, 0.2) is 48.9 Å². The van der Waals surface area contributed by atoms with Crippen LogP contribution in [0.25, 0.3) is 21.6 Å². The van der Waals surface area contributed by atoms with Crippen LogP contribution in [0.1, 0.15) is 15.9 Å². The molecule has 26 heavy (non-hydrogen) atoms. The summed E-state index contributed by atoms with van der Waals surface area (Å²) in [6.45, 7) is 0.522. The minimum absolute atomic E-state index is 0.426. The molecular weight excluding hydrogens is 372 g/mol. The summed E-state index contributed by atoms with van der Waals surface area (Å²) in [6, 6.07) is 9.23. The third-order valence-corrected chi connectivity index (χ3v) is 5.18. The normalized spacial score (nSPS) is 11.0. The Hall–Kier alpha value is -2.77. The van der Waals surface area contributed by atoms with E-state index in [0.29, 0.717) is 33.2 Å². The molecule has 4 aromatic rings. The number of halogens is 1. The first-order valence-corrected chi connectivity index (χ1v) is 8.94. The van der Waals surface area contributed by atoms with Crippen LogP contribution < -0.4 is 0 Å². The SMILES string of the molecule is COC(=O)c1cc(-c2ccc(Cl)s2)nc2c1cnn2Cc1ccncc1. The number of methoxy groups -OCH3 is 1. The molecule has 0 atom stereocenters. The van der Waals surface area contributed by atoms with Gasteiger partial charge in [0.1, 0.15) is 0 Å². The van der Waals surface area contributed by atoms with E-state index < -0.39 is 5.97 Å². The lowest BCUT2D eigenvalue weighted by atomic mass is 10.1. The van der Waals surface area contributed by atoms with Crippen molar-refractivity contribution in [3.63, 3.8) is 0 Å². The Bertz CT molecular complexity index is 1090. The van der Waals surface area contributed by atoms with E-state index in [9.17, 15) is 4.79 Å². The monoisotopic (exact) mass is 384 g/mol. The Morgan fingerprint density at radius 1 is 1.27 bits per heavy atom. The lowest BCUT2D eigenvalue weighted by Gasteiger charge is -2.07. The molecule has 0 bridgehead atoms. The van der Waals surface area contributed by atoms with Gasteiger partial charge < -0.3 is 4.74 Å². The number of aromatic nitrogens is 4. The van der Waals surface area contributed by atoms with Crippen LogP contribution in [0, 0.1) is 0 Å². The lowest BCUT2D eigenvalue weighted by Crippen LogP contribution is -2.06. The number of rotatable bonds is 4. The van der Waals surface area contributed by atoms with Gasteiger partial charge in [0.05, 0.1) is 45.7 Å². The number of esters is 1. The third-order valence-electron chi connectivity index (χ3n) is 3.92. The van der Waals surface area contributed by atoms with Crippen molar-refractivity contribution in [1.82, 2.24) is 19.7 Å². The standard InChI is InChI=1S/C18H13ClN4O2S/c1-25-18(24)12-8-14(15-2-3-16(19)26-15)22-17-13(12)9-21-23(17)10-11-4-6-20-7-5-11/h2-9H,10H2,1H3. The van der Waals surface area contributed by atoms with Crippen molar-refractivity contribution in [2.75, 3.05) is 7.11 Å². The van der Waals surface area contributed by atoms with E-state index in [1.54, 1.807) is 35.4 Å². The minimum atomic E-state index is -0.426. The van der Waals surface area contributed by atoms with Crippen molar-refractivity contribution < 1.29 is 9.53 Å². The zero-order valence-corrected chi connectivity index (χ0v) is 15.3. The second-order valence-corrected chi connectivity index (χ2v) is 7.26. The minimum Gasteiger partial charge on any atom is -0.465 e. The number of pyridine rings is 2. The van der Waals surface area contributed by atoms with Gasteiger partial charge >= 0.3 is 5.97 Å². The predicted molar refractivity (Wildman–Crippen MR) is 101 cm³/mol. The number of carbonyl (C=O) groups excluding carboxylic acids is 1. The molecule has 8 heteroatoms. The van der Waals surface area contributed by atoms with Gasteiger partial charge in [0, 0.05) is 12.4 Å². The molecule has 0 N–H and O–H groups in total. The highest BCUT2D eigenvalue weighted by Crippen LogP contribution is 2.32. The number of nitrogens with zero attached hydrogens (tertiary/aromatic N) is 4. The van der Waals surface area contributed by atoms with E-state index in [2.05, 4.69) is 10.1 Å². The predicted octanol–water partition coefficient (Wildman–Crippen LogP) is 4.04. The fourth-order valence-electron chi connectivity index (χ4n) is 2.68. The van der Waals surface area contributed by atoms with E-state index in [1.165, 1.54) is 18.4 Å². The number of carbonyl (C=O) groups is 1. The summed E-state index contributed by atoms with van der Waals surface area (Å²) in [5.74, 6) is -0.426. The molecular formula is C18H13ClN4O2S. The number of fused-ring (bicyclic) bond motifs is 1. The van der Waals surface area contributed by atoms with Gasteiger partial charge in [-0.1, -0.05) is 11.6 Å². The van der Waals surface area contributed by atoms with Gasteiger partial charge in [-0.25, -0.2) is 14.5 Å². The summed E-state index contributed by atoms with van der Waals surface area (Å²) < 4.78 is 7.35. The summed E-state index contributed by atoms with van der Waals surface area (Å²) >= 11 is 7.45. The molecule has 0 fully saturated rings. The summed E-state index contributed by atoms with van der Waals surface area (Å²) in [6.07, 6.45) is 5.10. The Morgan fingerprint density at radius 2 is 2.08 bits per heavy atom. The van der Waals surface area contributed by atoms with Crippen LogP contribution >= 0.6 is 22.9 Å². The largest absolute Gasteiger partial charge is 0.465 e. The Labute approximate surface area is 158 Å². The van der Waals surface area contributed by atoms with Crippen molar-refractivity contribution in [2.45, 2.75) is 6.54 Å². The van der Waals surface area contributed by atoms with Gasteiger partial charge in [-0.2, -0.15) is 5.10 Å². The fraction of sp³-hybridized carbons (Fsp3) is 0.111. The summed E-state index contributed by atoms with van der Waals surface area (Å²) in [4.78, 5) is 21.9. The maximum atomic E-state index is 12.3. The van der Waals surface area contributed by atoms with Gasteiger partial charge in [-0.3, -0.25) is 4.98 Å². The van der Waals surface area contributed by atoms with Crippen molar-refractivity contribution in [1.29, 1.82) is 0 Å². The van der Waals surface area contributed by atoms with Crippen molar-refractivity contribution in [3.8, 4) is 10.6 Å². The quantitative estimate of drug-likeness (QED) is 0.496. The first-order chi connectivity index (χ1) is 12.7. The van der Waals surface area contributed by atoms with Crippen LogP contribution in [0.3, 0.4) is 0 Å². The highest BCUT2D eigenvalue weighted by atomic mass is 35.5. The Morgan fingerprint density at radius 3 is 2.77 bits per heavy atom. The third kappa shape index (κ3) is 3.07. The van der Waals surface area contributed by atoms with Gasteiger partial charge in [0.2, 0.25) is 0 Å². The van der Waals surface area contributed by atoms with Crippen molar-refractivity contribution in [3.05, 3.63) is 64.4 Å². The number of hydrogen-bond donors (Lipinski definition) is 0. The van der Waals surface area contributed by atoms with E-state index >= 15 is 0 Å². The number of ether oxygens (including phenoxy) is 1. The van der Waals surface area contributed by atoms with Crippen LogP contribution in [0.5, 0.6) is 0 Å². The average molecular weight is 385 g/mol.